The summed E-state index contributed by atoms with van der Waals surface area (Å²) in [5.41, 5.74) is 5.35. The Hall–Kier alpha value is -2.24. The Kier molecular flexibility index (Phi) is 8.77. The monoisotopic (exact) mass is 334 g/mol. The maximum atomic E-state index is 11.7. The first kappa shape index (κ1) is 20.8. The predicted molar refractivity (Wildman–Crippen MR) is 76.9 cm³/mol. The number of nitrogens with one attached hydrogen (secondary N) is 3. The lowest BCUT2D eigenvalue weighted by Gasteiger charge is -2.19. The minimum Gasteiger partial charge on any atom is -0.480 e. The number of nitrogens with two attached hydrogens (primary N) is 1. The van der Waals surface area contributed by atoms with Crippen molar-refractivity contribution in [2.24, 2.45) is 5.73 Å². The molecule has 4 atom stereocenters. The van der Waals surface area contributed by atoms with E-state index in [4.69, 9.17) is 21.1 Å². The first-order valence-corrected chi connectivity index (χ1v) is 6.74. The van der Waals surface area contributed by atoms with E-state index in [-0.39, 0.29) is 0 Å². The number of hydrogen-bond donors (Lipinski definition) is 7. The standard InChI is InChI=1S/C12H22N4O7/c1-5(12(22)23)15-10(20)7(4-17)16-8(19)3-14-11(21)9(13)6(2)18/h5-7,9,17-18H,3-4,13H2,1-2H3,(H,14,21)(H,15,20)(H,16,19)(H,22,23). The summed E-state index contributed by atoms with van der Waals surface area (Å²) in [6, 6.07) is -3.78. The molecular formula is C12H22N4O7. The topological polar surface area (TPSA) is 191 Å². The fourth-order valence-corrected chi connectivity index (χ4v) is 1.32. The van der Waals surface area contributed by atoms with Gasteiger partial charge in [0.2, 0.25) is 17.7 Å². The largest absolute Gasteiger partial charge is 0.480 e. The quantitative estimate of drug-likeness (QED) is 0.221. The van der Waals surface area contributed by atoms with E-state index in [1.165, 1.54) is 13.8 Å². The van der Waals surface area contributed by atoms with Gasteiger partial charge in [0.15, 0.2) is 0 Å². The van der Waals surface area contributed by atoms with Gasteiger partial charge in [-0.25, -0.2) is 0 Å². The molecule has 4 unspecified atom stereocenters. The highest BCUT2D eigenvalue weighted by Gasteiger charge is 2.24. The third-order valence-corrected chi connectivity index (χ3v) is 2.81. The molecule has 0 aliphatic carbocycles. The number of carbonyl (C=O) groups excluding carboxylic acids is 3. The minimum atomic E-state index is -1.37. The van der Waals surface area contributed by atoms with Crippen molar-refractivity contribution in [3.63, 3.8) is 0 Å². The molecule has 0 heterocycles. The molecule has 11 heteroatoms. The van der Waals surface area contributed by atoms with Gasteiger partial charge in [-0.15, -0.1) is 0 Å². The number of carboxylic acid groups (broad SMARTS) is 1. The number of aliphatic hydroxyl groups excluding tert-OH is 2. The Morgan fingerprint density at radius 3 is 2.09 bits per heavy atom. The molecule has 0 aromatic heterocycles. The molecule has 0 aliphatic rings. The number of aliphatic hydroxyl groups is 2. The Labute approximate surface area is 132 Å². The SMILES string of the molecule is CC(NC(=O)C(CO)NC(=O)CNC(=O)C(N)C(C)O)C(=O)O. The summed E-state index contributed by atoms with van der Waals surface area (Å²) in [7, 11) is 0. The molecule has 23 heavy (non-hydrogen) atoms. The predicted octanol–water partition coefficient (Wildman–Crippen LogP) is -4.12. The molecule has 0 aliphatic heterocycles. The Morgan fingerprint density at radius 1 is 1.09 bits per heavy atom. The van der Waals surface area contributed by atoms with Crippen LogP contribution < -0.4 is 21.7 Å². The van der Waals surface area contributed by atoms with Crippen LogP contribution in [0.2, 0.25) is 0 Å². The lowest BCUT2D eigenvalue weighted by molar-refractivity contribution is -0.142. The summed E-state index contributed by atoms with van der Waals surface area (Å²) >= 11 is 0. The van der Waals surface area contributed by atoms with E-state index in [0.29, 0.717) is 0 Å². The Balaban J connectivity index is 4.42. The smallest absolute Gasteiger partial charge is 0.325 e. The lowest BCUT2D eigenvalue weighted by atomic mass is 10.2. The molecular weight excluding hydrogens is 312 g/mol. The second-order valence-corrected chi connectivity index (χ2v) is 4.86. The van der Waals surface area contributed by atoms with Crippen LogP contribution in [0.5, 0.6) is 0 Å². The summed E-state index contributed by atoms with van der Waals surface area (Å²) in [4.78, 5) is 45.3. The molecule has 0 bridgehead atoms. The van der Waals surface area contributed by atoms with E-state index in [0.717, 1.165) is 0 Å². The first-order chi connectivity index (χ1) is 10.6. The van der Waals surface area contributed by atoms with Gasteiger partial charge in [-0.05, 0) is 13.8 Å². The molecule has 3 amide bonds. The van der Waals surface area contributed by atoms with Gasteiger partial charge in [0, 0.05) is 0 Å². The van der Waals surface area contributed by atoms with Crippen LogP contribution in [0.3, 0.4) is 0 Å². The molecule has 0 fully saturated rings. The zero-order valence-corrected chi connectivity index (χ0v) is 12.8. The fraction of sp³-hybridized carbons (Fsp3) is 0.667. The van der Waals surface area contributed by atoms with Gasteiger partial charge in [-0.1, -0.05) is 0 Å². The molecule has 0 spiro atoms. The van der Waals surface area contributed by atoms with Crippen molar-refractivity contribution in [2.45, 2.75) is 38.1 Å². The summed E-state index contributed by atoms with van der Waals surface area (Å²) in [6.45, 7) is 1.23. The summed E-state index contributed by atoms with van der Waals surface area (Å²) in [6.07, 6.45) is -1.11. The molecule has 0 rings (SSSR count). The van der Waals surface area contributed by atoms with Gasteiger partial charge < -0.3 is 37.0 Å². The van der Waals surface area contributed by atoms with Crippen LogP contribution in [-0.4, -0.2) is 76.4 Å². The highest BCUT2D eigenvalue weighted by Crippen LogP contribution is 1.90. The van der Waals surface area contributed by atoms with Crippen molar-refractivity contribution in [2.75, 3.05) is 13.2 Å². The van der Waals surface area contributed by atoms with Crippen LogP contribution in [0.4, 0.5) is 0 Å². The van der Waals surface area contributed by atoms with Crippen molar-refractivity contribution >= 4 is 23.7 Å². The Morgan fingerprint density at radius 2 is 1.65 bits per heavy atom. The van der Waals surface area contributed by atoms with Gasteiger partial charge in [-0.3, -0.25) is 19.2 Å². The molecule has 0 saturated carbocycles. The van der Waals surface area contributed by atoms with E-state index in [2.05, 4.69) is 16.0 Å². The van der Waals surface area contributed by atoms with Crippen molar-refractivity contribution in [1.82, 2.24) is 16.0 Å². The number of carboxylic acids is 1. The second kappa shape index (κ2) is 9.71. The van der Waals surface area contributed by atoms with Gasteiger partial charge >= 0.3 is 5.97 Å². The van der Waals surface area contributed by atoms with Crippen LogP contribution in [0.1, 0.15) is 13.8 Å². The average molecular weight is 334 g/mol. The maximum absolute atomic E-state index is 11.7. The van der Waals surface area contributed by atoms with Gasteiger partial charge in [0.1, 0.15) is 18.1 Å². The third-order valence-electron chi connectivity index (χ3n) is 2.81. The first-order valence-electron chi connectivity index (χ1n) is 6.74. The van der Waals surface area contributed by atoms with E-state index in [1.807, 2.05) is 0 Å². The van der Waals surface area contributed by atoms with E-state index >= 15 is 0 Å². The van der Waals surface area contributed by atoms with Crippen LogP contribution >= 0.6 is 0 Å². The van der Waals surface area contributed by atoms with E-state index < -0.39 is 61.1 Å². The molecule has 0 aromatic carbocycles. The number of hydrogen-bond acceptors (Lipinski definition) is 7. The number of rotatable bonds is 9. The molecule has 11 nitrogen and oxygen atoms in total. The van der Waals surface area contributed by atoms with E-state index in [1.54, 1.807) is 0 Å². The van der Waals surface area contributed by atoms with Crippen LogP contribution in [-0.2, 0) is 19.2 Å². The second-order valence-electron chi connectivity index (χ2n) is 4.86. The van der Waals surface area contributed by atoms with Crippen molar-refractivity contribution < 1.29 is 34.5 Å². The average Bonchev–Trinajstić information content (AvgIpc) is 2.48. The van der Waals surface area contributed by atoms with Crippen molar-refractivity contribution in [3.05, 3.63) is 0 Å². The highest BCUT2D eigenvalue weighted by molar-refractivity contribution is 5.92. The summed E-state index contributed by atoms with van der Waals surface area (Å²) in [5, 5.41) is 33.2. The third kappa shape index (κ3) is 7.54. The number of amides is 3. The summed E-state index contributed by atoms with van der Waals surface area (Å²) in [5.74, 6) is -3.73. The maximum Gasteiger partial charge on any atom is 0.325 e. The lowest BCUT2D eigenvalue weighted by Crippen LogP contribution is -2.55. The van der Waals surface area contributed by atoms with Crippen molar-refractivity contribution in [1.29, 1.82) is 0 Å². The van der Waals surface area contributed by atoms with E-state index in [9.17, 15) is 19.2 Å². The summed E-state index contributed by atoms with van der Waals surface area (Å²) < 4.78 is 0. The number of carbonyl (C=O) groups is 4. The minimum absolute atomic E-state index is 0.530. The fourth-order valence-electron chi connectivity index (χ4n) is 1.32. The zero-order valence-electron chi connectivity index (χ0n) is 12.8. The van der Waals surface area contributed by atoms with Crippen LogP contribution in [0, 0.1) is 0 Å². The van der Waals surface area contributed by atoms with Crippen LogP contribution in [0.25, 0.3) is 0 Å². The molecule has 8 N–H and O–H groups in total. The van der Waals surface area contributed by atoms with Gasteiger partial charge in [0.05, 0.1) is 19.3 Å². The Bertz CT molecular complexity index is 455. The highest BCUT2D eigenvalue weighted by atomic mass is 16.4. The molecule has 0 saturated heterocycles. The number of aliphatic carboxylic acids is 1. The molecule has 0 aromatic rings. The van der Waals surface area contributed by atoms with Crippen LogP contribution in [0.15, 0.2) is 0 Å². The molecule has 132 valence electrons. The van der Waals surface area contributed by atoms with Gasteiger partial charge in [-0.2, -0.15) is 0 Å². The molecule has 0 radical (unpaired) electrons. The zero-order chi connectivity index (χ0) is 18.2. The van der Waals surface area contributed by atoms with Gasteiger partial charge in [0.25, 0.3) is 0 Å². The van der Waals surface area contributed by atoms with Crippen molar-refractivity contribution in [3.8, 4) is 0 Å². The normalized spacial score (nSPS) is 15.7.